The van der Waals surface area contributed by atoms with Crippen molar-refractivity contribution in [2.45, 2.75) is 57.9 Å². The van der Waals surface area contributed by atoms with E-state index in [1.165, 1.54) is 11.3 Å². The van der Waals surface area contributed by atoms with Gasteiger partial charge in [0.15, 0.2) is 5.13 Å². The maximum absolute atomic E-state index is 12.7. The molecule has 3 rings (SSSR count). The summed E-state index contributed by atoms with van der Waals surface area (Å²) in [5.41, 5.74) is 0.133. The molecule has 2 aliphatic heterocycles. The highest BCUT2D eigenvalue weighted by Gasteiger charge is 2.39. The first kappa shape index (κ1) is 22.7. The van der Waals surface area contributed by atoms with Crippen molar-refractivity contribution in [3.8, 4) is 0 Å². The van der Waals surface area contributed by atoms with E-state index in [9.17, 15) is 14.7 Å². The lowest BCUT2D eigenvalue weighted by Gasteiger charge is -2.39. The number of hydrogen-bond acceptors (Lipinski definition) is 8. The maximum atomic E-state index is 12.7. The highest BCUT2D eigenvalue weighted by molar-refractivity contribution is 7.16. The van der Waals surface area contributed by atoms with Crippen molar-refractivity contribution in [2.75, 3.05) is 38.3 Å². The van der Waals surface area contributed by atoms with E-state index in [1.807, 2.05) is 6.92 Å². The molecule has 0 aromatic carbocycles. The second-order valence-corrected chi connectivity index (χ2v) is 9.40. The number of amides is 3. The molecule has 0 radical (unpaired) electrons. The number of aliphatic hydroxyl groups is 1. The van der Waals surface area contributed by atoms with E-state index in [0.717, 1.165) is 10.6 Å². The van der Waals surface area contributed by atoms with E-state index in [-0.39, 0.29) is 18.8 Å². The van der Waals surface area contributed by atoms with Gasteiger partial charge in [-0.1, -0.05) is 11.3 Å². The fourth-order valence-electron chi connectivity index (χ4n) is 3.43. The van der Waals surface area contributed by atoms with Gasteiger partial charge in [-0.2, -0.15) is 0 Å². The molecular weight excluding hydrogens is 412 g/mol. The van der Waals surface area contributed by atoms with Gasteiger partial charge in [0.1, 0.15) is 5.60 Å². The van der Waals surface area contributed by atoms with Gasteiger partial charge in [-0.3, -0.25) is 10.2 Å². The van der Waals surface area contributed by atoms with Crippen LogP contribution in [-0.2, 0) is 20.6 Å². The number of rotatable bonds is 4. The minimum atomic E-state index is -0.636. The number of thiazole rings is 1. The van der Waals surface area contributed by atoms with E-state index in [2.05, 4.69) is 15.6 Å². The SMILES string of the molecule is C[C@@H]1Cc2nc(NC(=O)NC[C@H]3COCCO3)sc2[C@H](CO)N1C(=O)OC(C)(C)C. The first-order chi connectivity index (χ1) is 14.2. The van der Waals surface area contributed by atoms with Crippen LogP contribution in [0.15, 0.2) is 0 Å². The number of anilines is 1. The largest absolute Gasteiger partial charge is 0.444 e. The molecule has 2 aliphatic rings. The Morgan fingerprint density at radius 1 is 1.37 bits per heavy atom. The van der Waals surface area contributed by atoms with Gasteiger partial charge in [-0.05, 0) is 27.7 Å². The molecule has 1 fully saturated rings. The Morgan fingerprint density at radius 2 is 2.13 bits per heavy atom. The summed E-state index contributed by atoms with van der Waals surface area (Å²) in [6.45, 7) is 8.90. The summed E-state index contributed by atoms with van der Waals surface area (Å²) >= 11 is 1.25. The molecule has 1 saturated heterocycles. The maximum Gasteiger partial charge on any atom is 0.411 e. The average molecular weight is 443 g/mol. The molecule has 30 heavy (non-hydrogen) atoms. The van der Waals surface area contributed by atoms with E-state index >= 15 is 0 Å². The zero-order valence-corrected chi connectivity index (χ0v) is 18.6. The predicted molar refractivity (Wildman–Crippen MR) is 111 cm³/mol. The number of nitrogens with zero attached hydrogens (tertiary/aromatic N) is 2. The molecule has 0 saturated carbocycles. The Kier molecular flexibility index (Phi) is 7.17. The molecule has 1 aromatic rings. The minimum Gasteiger partial charge on any atom is -0.444 e. The normalized spacial score (nSPS) is 24.2. The zero-order valence-electron chi connectivity index (χ0n) is 17.8. The van der Waals surface area contributed by atoms with Crippen molar-refractivity contribution in [3.63, 3.8) is 0 Å². The van der Waals surface area contributed by atoms with Crippen molar-refractivity contribution in [3.05, 3.63) is 10.6 Å². The lowest BCUT2D eigenvalue weighted by molar-refractivity contribution is -0.0852. The molecule has 3 atom stereocenters. The topological polar surface area (TPSA) is 122 Å². The first-order valence-electron chi connectivity index (χ1n) is 10.0. The van der Waals surface area contributed by atoms with E-state index in [1.54, 1.807) is 25.7 Å². The lowest BCUT2D eigenvalue weighted by atomic mass is 10.00. The Balaban J connectivity index is 1.65. The van der Waals surface area contributed by atoms with Crippen LogP contribution in [0, 0.1) is 0 Å². The zero-order chi connectivity index (χ0) is 21.9. The fraction of sp³-hybridized carbons (Fsp3) is 0.737. The molecule has 0 bridgehead atoms. The minimum absolute atomic E-state index is 0.170. The Labute approximate surface area is 179 Å². The third kappa shape index (κ3) is 5.60. The second-order valence-electron chi connectivity index (χ2n) is 8.37. The van der Waals surface area contributed by atoms with E-state index in [0.29, 0.717) is 37.9 Å². The van der Waals surface area contributed by atoms with Crippen LogP contribution in [0.5, 0.6) is 0 Å². The number of aromatic nitrogens is 1. The summed E-state index contributed by atoms with van der Waals surface area (Å²) in [6, 6.07) is -1.16. The summed E-state index contributed by atoms with van der Waals surface area (Å²) in [4.78, 5) is 31.7. The highest BCUT2D eigenvalue weighted by atomic mass is 32.1. The van der Waals surface area contributed by atoms with E-state index in [4.69, 9.17) is 14.2 Å². The number of ether oxygens (including phenoxy) is 3. The molecule has 10 nitrogen and oxygen atoms in total. The third-order valence-electron chi connectivity index (χ3n) is 4.70. The molecule has 0 aliphatic carbocycles. The third-order valence-corrected chi connectivity index (χ3v) is 5.82. The Bertz CT molecular complexity index is 759. The molecule has 3 N–H and O–H groups in total. The summed E-state index contributed by atoms with van der Waals surface area (Å²) in [7, 11) is 0. The van der Waals surface area contributed by atoms with Gasteiger partial charge < -0.3 is 24.6 Å². The predicted octanol–water partition coefficient (Wildman–Crippen LogP) is 1.90. The monoisotopic (exact) mass is 442 g/mol. The lowest BCUT2D eigenvalue weighted by Crippen LogP contribution is -2.48. The number of carbonyl (C=O) groups is 2. The van der Waals surface area contributed by atoms with Gasteiger partial charge in [0.2, 0.25) is 0 Å². The van der Waals surface area contributed by atoms with Crippen molar-refractivity contribution in [1.29, 1.82) is 0 Å². The van der Waals surface area contributed by atoms with Crippen molar-refractivity contribution in [1.82, 2.24) is 15.2 Å². The summed E-state index contributed by atoms with van der Waals surface area (Å²) in [6.07, 6.45) is -0.135. The van der Waals surface area contributed by atoms with Crippen molar-refractivity contribution < 1.29 is 28.9 Å². The Morgan fingerprint density at radius 3 is 2.77 bits per heavy atom. The molecular formula is C19H30N4O6S. The van der Waals surface area contributed by atoms with E-state index < -0.39 is 23.8 Å². The van der Waals surface area contributed by atoms with Crippen LogP contribution in [0.25, 0.3) is 0 Å². The first-order valence-corrected chi connectivity index (χ1v) is 10.9. The van der Waals surface area contributed by atoms with Gasteiger partial charge in [0.05, 0.1) is 49.1 Å². The summed E-state index contributed by atoms with van der Waals surface area (Å²) < 4.78 is 16.3. The van der Waals surface area contributed by atoms with Gasteiger partial charge >= 0.3 is 12.1 Å². The molecule has 3 amide bonds. The van der Waals surface area contributed by atoms with Gasteiger partial charge in [-0.15, -0.1) is 0 Å². The molecule has 168 valence electrons. The van der Waals surface area contributed by atoms with Crippen LogP contribution in [0.2, 0.25) is 0 Å². The van der Waals surface area contributed by atoms with Crippen molar-refractivity contribution in [2.24, 2.45) is 0 Å². The molecule has 0 unspecified atom stereocenters. The molecule has 3 heterocycles. The van der Waals surface area contributed by atoms with Crippen LogP contribution in [0.3, 0.4) is 0 Å². The number of fused-ring (bicyclic) bond motifs is 1. The highest BCUT2D eigenvalue weighted by Crippen LogP contribution is 2.39. The molecule has 1 aromatic heterocycles. The molecule has 11 heteroatoms. The van der Waals surface area contributed by atoms with Gasteiger partial charge in [0, 0.05) is 19.0 Å². The second kappa shape index (κ2) is 9.46. The number of aliphatic hydroxyl groups excluding tert-OH is 1. The standard InChI is InChI=1S/C19H30N4O6S/c1-11-7-13-15(14(9-24)23(11)18(26)29-19(2,3)4)30-17(21-13)22-16(25)20-8-12-10-27-5-6-28-12/h11-12,14,24H,5-10H2,1-4H3,(H2,20,21,22,25)/t11-,12+,14+/m1/s1. The van der Waals surface area contributed by atoms with Crippen LogP contribution < -0.4 is 10.6 Å². The Hall–Kier alpha value is -1.95. The summed E-state index contributed by atoms with van der Waals surface area (Å²) in [5.74, 6) is 0. The van der Waals surface area contributed by atoms with Crippen molar-refractivity contribution >= 4 is 28.6 Å². The number of nitrogens with one attached hydrogen (secondary N) is 2. The number of hydrogen-bond donors (Lipinski definition) is 3. The van der Waals surface area contributed by atoms with Gasteiger partial charge in [0.25, 0.3) is 0 Å². The van der Waals surface area contributed by atoms with Crippen LogP contribution in [0.4, 0.5) is 14.7 Å². The number of urea groups is 1. The molecule has 0 spiro atoms. The van der Waals surface area contributed by atoms with Crippen LogP contribution in [-0.4, -0.2) is 77.8 Å². The van der Waals surface area contributed by atoms with Gasteiger partial charge in [-0.25, -0.2) is 14.6 Å². The van der Waals surface area contributed by atoms with Crippen LogP contribution in [0.1, 0.15) is 44.3 Å². The average Bonchev–Trinajstić information content (AvgIpc) is 3.06. The summed E-state index contributed by atoms with van der Waals surface area (Å²) in [5, 5.41) is 15.9. The van der Waals surface area contributed by atoms with Crippen LogP contribution >= 0.6 is 11.3 Å². The fourth-order valence-corrected chi connectivity index (χ4v) is 4.51. The quantitative estimate of drug-likeness (QED) is 0.651. The smallest absolute Gasteiger partial charge is 0.411 e. The number of carbonyl (C=O) groups excluding carboxylic acids is 2.